The normalized spacial score (nSPS) is 13.7. The fourth-order valence-corrected chi connectivity index (χ4v) is 4.18. The van der Waals surface area contributed by atoms with Gasteiger partial charge >= 0.3 is 0 Å². The van der Waals surface area contributed by atoms with E-state index in [1.807, 2.05) is 49.4 Å². The Labute approximate surface area is 214 Å². The summed E-state index contributed by atoms with van der Waals surface area (Å²) in [6.07, 6.45) is 1.68. The zero-order valence-corrected chi connectivity index (χ0v) is 20.3. The van der Waals surface area contributed by atoms with Crippen molar-refractivity contribution in [3.05, 3.63) is 136 Å². The summed E-state index contributed by atoms with van der Waals surface area (Å²) in [6.45, 7) is 2.74. The molecule has 0 saturated carbocycles. The van der Waals surface area contributed by atoms with Crippen LogP contribution >= 0.6 is 0 Å². The van der Waals surface area contributed by atoms with Crippen molar-refractivity contribution >= 4 is 23.6 Å². The first-order chi connectivity index (χ1) is 18.0. The topological polar surface area (TPSA) is 58.6 Å². The average molecular weight is 493 g/mol. The van der Waals surface area contributed by atoms with Crippen molar-refractivity contribution in [2.45, 2.75) is 20.0 Å². The van der Waals surface area contributed by atoms with Gasteiger partial charge in [-0.05, 0) is 66.1 Å². The van der Waals surface area contributed by atoms with Gasteiger partial charge in [0.05, 0.1) is 12.2 Å². The molecule has 5 nitrogen and oxygen atoms in total. The van der Waals surface area contributed by atoms with Gasteiger partial charge in [0.25, 0.3) is 11.8 Å². The maximum Gasteiger partial charge on any atom is 0.294 e. The quantitative estimate of drug-likeness (QED) is 0.334. The van der Waals surface area contributed by atoms with Crippen LogP contribution in [-0.2, 0) is 17.9 Å². The summed E-state index contributed by atoms with van der Waals surface area (Å²) in [5.74, 6) is 0.0211. The lowest BCUT2D eigenvalue weighted by Crippen LogP contribution is -2.36. The van der Waals surface area contributed by atoms with Crippen LogP contribution in [0.2, 0.25) is 0 Å². The van der Waals surface area contributed by atoms with Crippen molar-refractivity contribution in [1.82, 2.24) is 5.32 Å². The number of para-hydroxylation sites is 2. The summed E-state index contributed by atoms with van der Waals surface area (Å²) >= 11 is 0. The molecule has 184 valence electrons. The number of carbonyl (C=O) groups is 2. The van der Waals surface area contributed by atoms with Crippen LogP contribution in [0.25, 0.3) is 6.08 Å². The summed E-state index contributed by atoms with van der Waals surface area (Å²) in [7, 11) is 0. The maximum atomic E-state index is 13.4. The monoisotopic (exact) mass is 492 g/mol. The lowest BCUT2D eigenvalue weighted by Gasteiger charge is -2.30. The molecule has 1 N–H and O–H groups in total. The molecule has 6 heteroatoms. The summed E-state index contributed by atoms with van der Waals surface area (Å²) in [5, 5.41) is 2.82. The van der Waals surface area contributed by atoms with Crippen LogP contribution in [0.5, 0.6) is 5.75 Å². The highest BCUT2D eigenvalue weighted by molar-refractivity contribution is 6.09. The van der Waals surface area contributed by atoms with E-state index in [9.17, 15) is 14.0 Å². The standard InChI is InChI=1S/C31H25FN2O3/c1-21-5-4-6-24(17-21)20-34-27-7-2-3-8-28(27)37-29(31(34)36)18-22-9-13-25(14-10-22)30(35)33-19-23-11-15-26(32)16-12-23/h2-18H,19-20H2,1H3,(H,33,35)/b29-18+. The Bertz CT molecular complexity index is 1480. The van der Waals surface area contributed by atoms with E-state index < -0.39 is 0 Å². The summed E-state index contributed by atoms with van der Waals surface area (Å²) < 4.78 is 19.0. The number of halogens is 1. The molecule has 1 aliphatic rings. The first kappa shape index (κ1) is 24.0. The average Bonchev–Trinajstić information content (AvgIpc) is 2.91. The van der Waals surface area contributed by atoms with Gasteiger partial charge in [0.15, 0.2) is 11.5 Å². The lowest BCUT2D eigenvalue weighted by atomic mass is 10.1. The Kier molecular flexibility index (Phi) is 6.81. The number of fused-ring (bicyclic) bond motifs is 1. The van der Waals surface area contributed by atoms with Crippen LogP contribution in [-0.4, -0.2) is 11.8 Å². The zero-order chi connectivity index (χ0) is 25.8. The molecular weight excluding hydrogens is 467 g/mol. The molecule has 4 aromatic carbocycles. The Morgan fingerprint density at radius 3 is 2.43 bits per heavy atom. The van der Waals surface area contributed by atoms with E-state index in [0.717, 1.165) is 27.9 Å². The first-order valence-corrected chi connectivity index (χ1v) is 11.9. The molecule has 0 aromatic heterocycles. The Morgan fingerprint density at radius 2 is 1.68 bits per heavy atom. The number of hydrogen-bond donors (Lipinski definition) is 1. The van der Waals surface area contributed by atoms with Crippen molar-refractivity contribution in [3.63, 3.8) is 0 Å². The molecule has 4 aromatic rings. The number of aryl methyl sites for hydroxylation is 1. The minimum absolute atomic E-state index is 0.208. The molecule has 37 heavy (non-hydrogen) atoms. The Hall–Kier alpha value is -4.71. The van der Waals surface area contributed by atoms with Crippen molar-refractivity contribution in [2.75, 3.05) is 4.90 Å². The third-order valence-electron chi connectivity index (χ3n) is 6.09. The second-order valence-electron chi connectivity index (χ2n) is 8.89. The SMILES string of the molecule is Cc1cccc(CN2C(=O)/C(=C\c3ccc(C(=O)NCc4ccc(F)cc4)cc3)Oc3ccccc32)c1. The molecule has 0 aliphatic carbocycles. The van der Waals surface area contributed by atoms with E-state index in [2.05, 4.69) is 11.4 Å². The predicted octanol–water partition coefficient (Wildman–Crippen LogP) is 6.03. The largest absolute Gasteiger partial charge is 0.449 e. The molecule has 0 unspecified atom stereocenters. The molecule has 0 spiro atoms. The van der Waals surface area contributed by atoms with Crippen LogP contribution in [0.15, 0.2) is 103 Å². The molecular formula is C31H25FN2O3. The van der Waals surface area contributed by atoms with Gasteiger partial charge in [0.1, 0.15) is 5.82 Å². The lowest BCUT2D eigenvalue weighted by molar-refractivity contribution is -0.117. The van der Waals surface area contributed by atoms with E-state index in [1.165, 1.54) is 12.1 Å². The first-order valence-electron chi connectivity index (χ1n) is 11.9. The summed E-state index contributed by atoms with van der Waals surface area (Å²) in [6, 6.07) is 28.4. The van der Waals surface area contributed by atoms with Gasteiger partial charge in [-0.1, -0.05) is 66.2 Å². The number of hydrogen-bond acceptors (Lipinski definition) is 3. The van der Waals surface area contributed by atoms with Crippen molar-refractivity contribution in [1.29, 1.82) is 0 Å². The van der Waals surface area contributed by atoms with Gasteiger partial charge < -0.3 is 10.1 Å². The summed E-state index contributed by atoms with van der Waals surface area (Å²) in [4.78, 5) is 27.7. The molecule has 2 amide bonds. The van der Waals surface area contributed by atoms with E-state index in [-0.39, 0.29) is 23.4 Å². The molecule has 0 saturated heterocycles. The number of amides is 2. The predicted molar refractivity (Wildman–Crippen MR) is 141 cm³/mol. The zero-order valence-electron chi connectivity index (χ0n) is 20.3. The highest BCUT2D eigenvalue weighted by atomic mass is 19.1. The number of rotatable bonds is 6. The molecule has 1 aliphatic heterocycles. The molecule has 1 heterocycles. The number of benzene rings is 4. The highest BCUT2D eigenvalue weighted by Gasteiger charge is 2.30. The van der Waals surface area contributed by atoms with Crippen molar-refractivity contribution in [3.8, 4) is 5.75 Å². The van der Waals surface area contributed by atoms with Gasteiger partial charge in [-0.25, -0.2) is 4.39 Å². The number of anilines is 1. The van der Waals surface area contributed by atoms with Crippen LogP contribution in [0, 0.1) is 12.7 Å². The minimum Gasteiger partial charge on any atom is -0.449 e. The van der Waals surface area contributed by atoms with Crippen LogP contribution < -0.4 is 15.0 Å². The summed E-state index contributed by atoms with van der Waals surface area (Å²) in [5.41, 5.74) is 4.89. The van der Waals surface area contributed by atoms with Gasteiger partial charge in [0, 0.05) is 12.1 Å². The van der Waals surface area contributed by atoms with E-state index in [0.29, 0.717) is 24.4 Å². The molecule has 0 bridgehead atoms. The van der Waals surface area contributed by atoms with Gasteiger partial charge in [-0.15, -0.1) is 0 Å². The molecule has 0 fully saturated rings. The van der Waals surface area contributed by atoms with Gasteiger partial charge in [0.2, 0.25) is 0 Å². The Balaban J connectivity index is 1.33. The van der Waals surface area contributed by atoms with Crippen LogP contribution in [0.1, 0.15) is 32.6 Å². The third-order valence-corrected chi connectivity index (χ3v) is 6.09. The van der Waals surface area contributed by atoms with Gasteiger partial charge in [-0.2, -0.15) is 0 Å². The number of nitrogens with one attached hydrogen (secondary N) is 1. The molecule has 5 rings (SSSR count). The number of nitrogens with zero attached hydrogens (tertiary/aromatic N) is 1. The van der Waals surface area contributed by atoms with Gasteiger partial charge in [-0.3, -0.25) is 14.5 Å². The highest BCUT2D eigenvalue weighted by Crippen LogP contribution is 2.36. The smallest absolute Gasteiger partial charge is 0.294 e. The fraction of sp³-hybridized carbons (Fsp3) is 0.0968. The number of carbonyl (C=O) groups excluding carboxylic acids is 2. The second-order valence-corrected chi connectivity index (χ2v) is 8.89. The van der Waals surface area contributed by atoms with Crippen molar-refractivity contribution < 1.29 is 18.7 Å². The van der Waals surface area contributed by atoms with E-state index >= 15 is 0 Å². The molecule has 0 radical (unpaired) electrons. The second kappa shape index (κ2) is 10.5. The fourth-order valence-electron chi connectivity index (χ4n) is 4.18. The maximum absolute atomic E-state index is 13.4. The Morgan fingerprint density at radius 1 is 0.919 bits per heavy atom. The third kappa shape index (κ3) is 5.59. The minimum atomic E-state index is -0.318. The van der Waals surface area contributed by atoms with E-state index in [4.69, 9.17) is 4.74 Å². The molecule has 0 atom stereocenters. The number of ether oxygens (including phenoxy) is 1. The van der Waals surface area contributed by atoms with Crippen LogP contribution in [0.4, 0.5) is 10.1 Å². The van der Waals surface area contributed by atoms with Crippen molar-refractivity contribution in [2.24, 2.45) is 0 Å². The van der Waals surface area contributed by atoms with Crippen LogP contribution in [0.3, 0.4) is 0 Å². The van der Waals surface area contributed by atoms with E-state index in [1.54, 1.807) is 47.4 Å².